The van der Waals surface area contributed by atoms with Crippen LogP contribution in [-0.2, 0) is 6.54 Å². The summed E-state index contributed by atoms with van der Waals surface area (Å²) in [4.78, 5) is 15.7. The van der Waals surface area contributed by atoms with E-state index in [0.717, 1.165) is 19.5 Å². The quantitative estimate of drug-likeness (QED) is 0.739. The maximum atomic E-state index is 11.8. The third-order valence-electron chi connectivity index (χ3n) is 2.39. The predicted octanol–water partition coefficient (Wildman–Crippen LogP) is 0.986. The van der Waals surface area contributed by atoms with E-state index in [4.69, 9.17) is 0 Å². The van der Waals surface area contributed by atoms with Crippen molar-refractivity contribution in [1.82, 2.24) is 25.1 Å². The van der Waals surface area contributed by atoms with Crippen LogP contribution in [0.1, 0.15) is 23.1 Å². The van der Waals surface area contributed by atoms with Crippen molar-refractivity contribution in [3.8, 4) is 0 Å². The Morgan fingerprint density at radius 1 is 1.47 bits per heavy atom. The largest absolute Gasteiger partial charge is 0.360 e. The number of aryl methyl sites for hydroxylation is 1. The van der Waals surface area contributed by atoms with Gasteiger partial charge in [-0.05, 0) is 13.3 Å². The van der Waals surface area contributed by atoms with Crippen LogP contribution in [0.2, 0.25) is 0 Å². The van der Waals surface area contributed by atoms with E-state index in [1.165, 1.54) is 11.3 Å². The Labute approximate surface area is 115 Å². The molecule has 0 aliphatic carbocycles. The fraction of sp³-hybridized carbons (Fsp3) is 0.455. The summed E-state index contributed by atoms with van der Waals surface area (Å²) in [5.74, 6) is -0.174. The van der Waals surface area contributed by atoms with E-state index in [1.807, 2.05) is 17.7 Å². The lowest BCUT2D eigenvalue weighted by atomic mass is 10.4. The molecule has 102 valence electrons. The molecule has 0 aliphatic heterocycles. The standard InChI is InChI=1S/C11H16N6OS/c1-2-13-11-16-15-10(19-11)9(18)14-4-3-6-17-7-5-12-8-17/h5,7-8H,2-4,6H2,1H3,(H,13,16)(H,14,18). The average Bonchev–Trinajstić information content (AvgIpc) is 3.06. The molecule has 1 amide bonds. The van der Waals surface area contributed by atoms with Crippen molar-refractivity contribution in [3.63, 3.8) is 0 Å². The van der Waals surface area contributed by atoms with Gasteiger partial charge in [-0.15, -0.1) is 10.2 Å². The fourth-order valence-corrected chi connectivity index (χ4v) is 2.22. The van der Waals surface area contributed by atoms with E-state index < -0.39 is 0 Å². The summed E-state index contributed by atoms with van der Waals surface area (Å²) in [6, 6.07) is 0. The van der Waals surface area contributed by atoms with Gasteiger partial charge in [0, 0.05) is 32.0 Å². The van der Waals surface area contributed by atoms with E-state index in [0.29, 0.717) is 16.7 Å². The third-order valence-corrected chi connectivity index (χ3v) is 3.26. The first-order valence-electron chi connectivity index (χ1n) is 6.11. The highest BCUT2D eigenvalue weighted by Gasteiger charge is 2.11. The molecule has 0 unspecified atom stereocenters. The molecule has 0 bridgehead atoms. The number of amides is 1. The third kappa shape index (κ3) is 4.02. The number of hydrogen-bond donors (Lipinski definition) is 2. The van der Waals surface area contributed by atoms with Crippen LogP contribution < -0.4 is 10.6 Å². The normalized spacial score (nSPS) is 10.4. The van der Waals surface area contributed by atoms with Crippen molar-refractivity contribution in [3.05, 3.63) is 23.7 Å². The summed E-state index contributed by atoms with van der Waals surface area (Å²) in [5, 5.41) is 14.6. The molecule has 0 spiro atoms. The average molecular weight is 280 g/mol. The molecular formula is C11H16N6OS. The zero-order valence-corrected chi connectivity index (χ0v) is 11.5. The van der Waals surface area contributed by atoms with Crippen LogP contribution in [0.15, 0.2) is 18.7 Å². The van der Waals surface area contributed by atoms with Gasteiger partial charge >= 0.3 is 0 Å². The first kappa shape index (κ1) is 13.5. The number of imidazole rings is 1. The molecule has 2 N–H and O–H groups in total. The molecule has 0 saturated carbocycles. The molecule has 0 radical (unpaired) electrons. The number of carbonyl (C=O) groups is 1. The monoisotopic (exact) mass is 280 g/mol. The minimum atomic E-state index is -0.174. The first-order chi connectivity index (χ1) is 9.29. The zero-order valence-electron chi connectivity index (χ0n) is 10.7. The van der Waals surface area contributed by atoms with Crippen molar-refractivity contribution >= 4 is 22.4 Å². The number of rotatable bonds is 7. The van der Waals surface area contributed by atoms with Gasteiger partial charge in [-0.25, -0.2) is 4.98 Å². The van der Waals surface area contributed by atoms with Crippen molar-refractivity contribution in [2.45, 2.75) is 19.9 Å². The minimum Gasteiger partial charge on any atom is -0.360 e. The molecule has 0 atom stereocenters. The number of anilines is 1. The zero-order chi connectivity index (χ0) is 13.5. The van der Waals surface area contributed by atoms with E-state index in [-0.39, 0.29) is 5.91 Å². The topological polar surface area (TPSA) is 84.7 Å². The van der Waals surface area contributed by atoms with Gasteiger partial charge in [0.15, 0.2) is 0 Å². The van der Waals surface area contributed by atoms with Gasteiger partial charge in [0.1, 0.15) is 0 Å². The maximum Gasteiger partial charge on any atom is 0.282 e. The SMILES string of the molecule is CCNc1nnc(C(=O)NCCCn2ccnc2)s1. The van der Waals surface area contributed by atoms with Gasteiger partial charge in [-0.2, -0.15) is 0 Å². The van der Waals surface area contributed by atoms with Gasteiger partial charge < -0.3 is 15.2 Å². The number of aromatic nitrogens is 4. The molecule has 19 heavy (non-hydrogen) atoms. The lowest BCUT2D eigenvalue weighted by Gasteiger charge is -2.03. The molecule has 0 aliphatic rings. The van der Waals surface area contributed by atoms with Gasteiger partial charge in [0.2, 0.25) is 10.1 Å². The Morgan fingerprint density at radius 2 is 2.37 bits per heavy atom. The summed E-state index contributed by atoms with van der Waals surface area (Å²) in [5.41, 5.74) is 0. The van der Waals surface area contributed by atoms with Crippen molar-refractivity contribution in [2.75, 3.05) is 18.4 Å². The Hall–Kier alpha value is -1.96. The van der Waals surface area contributed by atoms with E-state index in [1.54, 1.807) is 12.5 Å². The van der Waals surface area contributed by atoms with Crippen LogP contribution in [0, 0.1) is 0 Å². The number of nitrogens with zero attached hydrogens (tertiary/aromatic N) is 4. The van der Waals surface area contributed by atoms with Gasteiger partial charge in [0.25, 0.3) is 5.91 Å². The van der Waals surface area contributed by atoms with Crippen molar-refractivity contribution in [1.29, 1.82) is 0 Å². The predicted molar refractivity (Wildman–Crippen MR) is 73.2 cm³/mol. The van der Waals surface area contributed by atoms with Crippen LogP contribution in [0.5, 0.6) is 0 Å². The van der Waals surface area contributed by atoms with Crippen molar-refractivity contribution in [2.24, 2.45) is 0 Å². The molecule has 2 rings (SSSR count). The molecule has 2 aromatic rings. The van der Waals surface area contributed by atoms with Gasteiger partial charge in [0.05, 0.1) is 6.33 Å². The number of nitrogens with one attached hydrogen (secondary N) is 2. The Morgan fingerprint density at radius 3 is 3.11 bits per heavy atom. The van der Waals surface area contributed by atoms with Crippen LogP contribution in [0.25, 0.3) is 0 Å². The summed E-state index contributed by atoms with van der Waals surface area (Å²) >= 11 is 1.26. The molecular weight excluding hydrogens is 264 g/mol. The second-order valence-corrected chi connectivity index (χ2v) is 4.83. The molecule has 2 heterocycles. The van der Waals surface area contributed by atoms with Crippen LogP contribution in [0.4, 0.5) is 5.13 Å². The smallest absolute Gasteiger partial charge is 0.282 e. The maximum absolute atomic E-state index is 11.8. The minimum absolute atomic E-state index is 0.174. The van der Waals surface area contributed by atoms with Gasteiger partial charge in [-0.3, -0.25) is 4.79 Å². The van der Waals surface area contributed by atoms with Crippen molar-refractivity contribution < 1.29 is 4.79 Å². The molecule has 8 heteroatoms. The number of carbonyl (C=O) groups excluding carboxylic acids is 1. The van der Waals surface area contributed by atoms with Crippen LogP contribution in [0.3, 0.4) is 0 Å². The fourth-order valence-electron chi connectivity index (χ4n) is 1.50. The molecule has 0 aromatic carbocycles. The van der Waals surface area contributed by atoms with E-state index in [2.05, 4.69) is 25.8 Å². The van der Waals surface area contributed by atoms with Gasteiger partial charge in [-0.1, -0.05) is 11.3 Å². The summed E-state index contributed by atoms with van der Waals surface area (Å²) in [7, 11) is 0. The molecule has 7 nitrogen and oxygen atoms in total. The van der Waals surface area contributed by atoms with Crippen LogP contribution in [-0.4, -0.2) is 38.7 Å². The Kier molecular flexibility index (Phi) is 4.85. The molecule has 0 fully saturated rings. The lowest BCUT2D eigenvalue weighted by Crippen LogP contribution is -2.25. The summed E-state index contributed by atoms with van der Waals surface area (Å²) < 4.78 is 1.97. The highest BCUT2D eigenvalue weighted by Crippen LogP contribution is 2.14. The highest BCUT2D eigenvalue weighted by atomic mass is 32.1. The summed E-state index contributed by atoms with van der Waals surface area (Å²) in [6.45, 7) is 4.17. The lowest BCUT2D eigenvalue weighted by molar-refractivity contribution is 0.0951. The molecule has 2 aromatic heterocycles. The molecule has 0 saturated heterocycles. The second-order valence-electron chi connectivity index (χ2n) is 3.85. The van der Waals surface area contributed by atoms with E-state index in [9.17, 15) is 4.79 Å². The number of hydrogen-bond acceptors (Lipinski definition) is 6. The Balaban J connectivity index is 1.71. The Bertz CT molecular complexity index is 509. The first-order valence-corrected chi connectivity index (χ1v) is 6.92. The highest BCUT2D eigenvalue weighted by molar-refractivity contribution is 7.17. The second kappa shape index (κ2) is 6.83. The van der Waals surface area contributed by atoms with E-state index >= 15 is 0 Å². The summed E-state index contributed by atoms with van der Waals surface area (Å²) in [6.07, 6.45) is 6.24. The van der Waals surface area contributed by atoms with Crippen LogP contribution >= 0.6 is 11.3 Å².